The van der Waals surface area contributed by atoms with E-state index in [4.69, 9.17) is 4.74 Å². The molecule has 1 saturated carbocycles. The second-order valence-corrected chi connectivity index (χ2v) is 7.39. The highest BCUT2D eigenvalue weighted by atomic mass is 32.2. The topological polar surface area (TPSA) is 69.0 Å². The standard InChI is InChI=1S/C19H24N4O2S/c1-4-11-23-18(14(3)25-16-9-5-13(2)6-10-16)21-22-19(23)26-12-17(24)20-15-7-8-15/h4-6,9-10,14-15H,1,7-8,11-12H2,2-3H3,(H,20,24). The SMILES string of the molecule is C=CCn1c(SCC(=O)NC2CC2)nnc1C(C)Oc1ccc(C)cc1. The molecule has 0 aliphatic heterocycles. The minimum atomic E-state index is -0.264. The predicted octanol–water partition coefficient (Wildman–Crippen LogP) is 3.28. The molecule has 1 aromatic heterocycles. The van der Waals surface area contributed by atoms with Crippen molar-refractivity contribution in [2.75, 3.05) is 5.75 Å². The van der Waals surface area contributed by atoms with Gasteiger partial charge in [0.05, 0.1) is 5.75 Å². The number of benzene rings is 1. The Balaban J connectivity index is 1.67. The maximum Gasteiger partial charge on any atom is 0.230 e. The van der Waals surface area contributed by atoms with E-state index >= 15 is 0 Å². The average Bonchev–Trinajstić information content (AvgIpc) is 3.34. The molecule has 2 aromatic rings. The van der Waals surface area contributed by atoms with Crippen molar-refractivity contribution in [1.29, 1.82) is 0 Å². The van der Waals surface area contributed by atoms with Crippen molar-refractivity contribution < 1.29 is 9.53 Å². The minimum Gasteiger partial charge on any atom is -0.483 e. The van der Waals surface area contributed by atoms with E-state index in [9.17, 15) is 4.79 Å². The van der Waals surface area contributed by atoms with Gasteiger partial charge in [-0.3, -0.25) is 9.36 Å². The molecule has 1 fully saturated rings. The molecule has 0 radical (unpaired) electrons. The molecule has 0 spiro atoms. The van der Waals surface area contributed by atoms with Crippen molar-refractivity contribution in [3.8, 4) is 5.75 Å². The van der Waals surface area contributed by atoms with Crippen molar-refractivity contribution in [1.82, 2.24) is 20.1 Å². The highest BCUT2D eigenvalue weighted by Gasteiger charge is 2.24. The highest BCUT2D eigenvalue weighted by molar-refractivity contribution is 7.99. The monoisotopic (exact) mass is 372 g/mol. The smallest absolute Gasteiger partial charge is 0.230 e. The fraction of sp³-hybridized carbons (Fsp3) is 0.421. The number of ether oxygens (including phenoxy) is 1. The number of carbonyl (C=O) groups excluding carboxylic acids is 1. The van der Waals surface area contributed by atoms with Gasteiger partial charge in [0.2, 0.25) is 5.91 Å². The number of hydrogen-bond acceptors (Lipinski definition) is 5. The van der Waals surface area contributed by atoms with E-state index in [1.807, 2.05) is 42.7 Å². The summed E-state index contributed by atoms with van der Waals surface area (Å²) in [5.74, 6) is 1.87. The van der Waals surface area contributed by atoms with E-state index in [0.29, 0.717) is 23.5 Å². The molecule has 6 nitrogen and oxygen atoms in total. The van der Waals surface area contributed by atoms with E-state index in [-0.39, 0.29) is 12.0 Å². The first-order valence-electron chi connectivity index (χ1n) is 8.76. The maximum atomic E-state index is 11.9. The zero-order chi connectivity index (χ0) is 18.5. The number of rotatable bonds is 9. The second kappa shape index (κ2) is 8.40. The number of nitrogens with one attached hydrogen (secondary N) is 1. The number of nitrogens with zero attached hydrogens (tertiary/aromatic N) is 3. The lowest BCUT2D eigenvalue weighted by atomic mass is 10.2. The Morgan fingerprint density at radius 2 is 2.15 bits per heavy atom. The molecule has 1 amide bonds. The van der Waals surface area contributed by atoms with Crippen molar-refractivity contribution in [2.45, 2.75) is 50.5 Å². The molecular formula is C19H24N4O2S. The van der Waals surface area contributed by atoms with Crippen LogP contribution in [0.1, 0.15) is 37.3 Å². The van der Waals surface area contributed by atoms with Crippen LogP contribution < -0.4 is 10.1 Å². The summed E-state index contributed by atoms with van der Waals surface area (Å²) in [6, 6.07) is 8.27. The predicted molar refractivity (Wildman–Crippen MR) is 102 cm³/mol. The lowest BCUT2D eigenvalue weighted by Crippen LogP contribution is -2.27. The summed E-state index contributed by atoms with van der Waals surface area (Å²) in [7, 11) is 0. The summed E-state index contributed by atoms with van der Waals surface area (Å²) in [4.78, 5) is 11.9. The Labute approximate surface area is 158 Å². The van der Waals surface area contributed by atoms with Gasteiger partial charge in [-0.2, -0.15) is 0 Å². The number of aromatic nitrogens is 3. The molecule has 3 rings (SSSR count). The third-order valence-electron chi connectivity index (χ3n) is 4.03. The Morgan fingerprint density at radius 3 is 2.81 bits per heavy atom. The Hall–Kier alpha value is -2.28. The average molecular weight is 372 g/mol. The number of thioether (sulfide) groups is 1. The van der Waals surface area contributed by atoms with Crippen LogP contribution >= 0.6 is 11.8 Å². The first kappa shape index (κ1) is 18.5. The van der Waals surface area contributed by atoms with Crippen LogP contribution in [0.5, 0.6) is 5.75 Å². The molecule has 1 unspecified atom stereocenters. The number of allylic oxidation sites excluding steroid dienone is 1. The zero-order valence-corrected chi connectivity index (χ0v) is 16.0. The van der Waals surface area contributed by atoms with E-state index in [0.717, 1.165) is 24.4 Å². The summed E-state index contributed by atoms with van der Waals surface area (Å²) in [6.45, 7) is 8.35. The third-order valence-corrected chi connectivity index (χ3v) is 5.00. The summed E-state index contributed by atoms with van der Waals surface area (Å²) >= 11 is 1.39. The fourth-order valence-corrected chi connectivity index (χ4v) is 3.27. The quantitative estimate of drug-likeness (QED) is 0.540. The van der Waals surface area contributed by atoms with E-state index in [2.05, 4.69) is 22.1 Å². The first-order chi connectivity index (χ1) is 12.6. The number of carbonyl (C=O) groups is 1. The highest BCUT2D eigenvalue weighted by Crippen LogP contribution is 2.25. The molecule has 1 heterocycles. The van der Waals surface area contributed by atoms with Crippen LogP contribution in [-0.4, -0.2) is 32.5 Å². The van der Waals surface area contributed by atoms with Crippen molar-refractivity contribution >= 4 is 17.7 Å². The van der Waals surface area contributed by atoms with Gasteiger partial charge < -0.3 is 10.1 Å². The molecule has 138 valence electrons. The van der Waals surface area contributed by atoms with Crippen LogP contribution in [0, 0.1) is 6.92 Å². The van der Waals surface area contributed by atoms with Gasteiger partial charge >= 0.3 is 0 Å². The van der Waals surface area contributed by atoms with Crippen LogP contribution in [0.2, 0.25) is 0 Å². The van der Waals surface area contributed by atoms with Gasteiger partial charge in [0.15, 0.2) is 17.1 Å². The summed E-state index contributed by atoms with van der Waals surface area (Å²) in [6.07, 6.45) is 3.70. The largest absolute Gasteiger partial charge is 0.483 e. The number of hydrogen-bond donors (Lipinski definition) is 1. The Morgan fingerprint density at radius 1 is 1.42 bits per heavy atom. The maximum absolute atomic E-state index is 11.9. The Kier molecular flexibility index (Phi) is 5.98. The van der Waals surface area contributed by atoms with Crippen molar-refractivity contribution in [3.05, 3.63) is 48.3 Å². The van der Waals surface area contributed by atoms with Crippen molar-refractivity contribution in [3.63, 3.8) is 0 Å². The first-order valence-corrected chi connectivity index (χ1v) is 9.75. The van der Waals surface area contributed by atoms with E-state index in [1.165, 1.54) is 17.3 Å². The lowest BCUT2D eigenvalue weighted by Gasteiger charge is -2.16. The molecule has 7 heteroatoms. The lowest BCUT2D eigenvalue weighted by molar-refractivity contribution is -0.118. The van der Waals surface area contributed by atoms with Gasteiger partial charge in [0.25, 0.3) is 0 Å². The van der Waals surface area contributed by atoms with Gasteiger partial charge in [0.1, 0.15) is 5.75 Å². The van der Waals surface area contributed by atoms with Gasteiger partial charge in [-0.1, -0.05) is 35.5 Å². The Bertz CT molecular complexity index is 768. The molecular weight excluding hydrogens is 348 g/mol. The molecule has 1 aliphatic carbocycles. The molecule has 1 aromatic carbocycles. The van der Waals surface area contributed by atoms with Crippen LogP contribution in [0.15, 0.2) is 42.1 Å². The van der Waals surface area contributed by atoms with Crippen molar-refractivity contribution in [2.24, 2.45) is 0 Å². The van der Waals surface area contributed by atoms with Crippen LogP contribution in [0.3, 0.4) is 0 Å². The van der Waals surface area contributed by atoms with Gasteiger partial charge in [-0.15, -0.1) is 16.8 Å². The molecule has 1 aliphatic rings. The number of aryl methyl sites for hydroxylation is 1. The third kappa shape index (κ3) is 4.88. The molecule has 1 N–H and O–H groups in total. The van der Waals surface area contributed by atoms with E-state index in [1.54, 1.807) is 6.08 Å². The van der Waals surface area contributed by atoms with Crippen LogP contribution in [-0.2, 0) is 11.3 Å². The summed E-state index contributed by atoms with van der Waals surface area (Å²) in [5.41, 5.74) is 1.18. The van der Waals surface area contributed by atoms with Gasteiger partial charge in [0, 0.05) is 12.6 Å². The zero-order valence-electron chi connectivity index (χ0n) is 15.1. The molecule has 1 atom stereocenters. The minimum absolute atomic E-state index is 0.0381. The molecule has 0 saturated heterocycles. The fourth-order valence-electron chi connectivity index (χ4n) is 2.51. The molecule has 26 heavy (non-hydrogen) atoms. The summed E-state index contributed by atoms with van der Waals surface area (Å²) in [5, 5.41) is 12.2. The summed E-state index contributed by atoms with van der Waals surface area (Å²) < 4.78 is 7.94. The second-order valence-electron chi connectivity index (χ2n) is 6.44. The van der Waals surface area contributed by atoms with Gasteiger partial charge in [-0.05, 0) is 38.8 Å². The van der Waals surface area contributed by atoms with Gasteiger partial charge in [-0.25, -0.2) is 0 Å². The number of amides is 1. The molecule has 0 bridgehead atoms. The normalized spacial score (nSPS) is 14.7. The van der Waals surface area contributed by atoms with Crippen LogP contribution in [0.4, 0.5) is 0 Å². The van der Waals surface area contributed by atoms with Crippen LogP contribution in [0.25, 0.3) is 0 Å². The van der Waals surface area contributed by atoms with E-state index < -0.39 is 0 Å².